The molecule has 7 nitrogen and oxygen atoms in total. The molecule has 0 heterocycles. The average Bonchev–Trinajstić information content (AvgIpc) is 2.94. The number of aryl methyl sites for hydroxylation is 1. The van der Waals surface area contributed by atoms with Crippen LogP contribution in [0.2, 0.25) is 0 Å². The molecule has 226 valence electrons. The number of hydrogen-bond acceptors (Lipinski definition) is 4. The molecule has 0 aliphatic carbocycles. The summed E-state index contributed by atoms with van der Waals surface area (Å²) in [6.45, 7) is 6.11. The first-order valence-electron chi connectivity index (χ1n) is 13.2. The molecule has 0 saturated carbocycles. The van der Waals surface area contributed by atoms with Gasteiger partial charge < -0.3 is 10.2 Å². The van der Waals surface area contributed by atoms with E-state index in [0.29, 0.717) is 22.4 Å². The van der Waals surface area contributed by atoms with Crippen molar-refractivity contribution in [3.63, 3.8) is 0 Å². The Morgan fingerprint density at radius 1 is 0.976 bits per heavy atom. The fraction of sp³-hybridized carbons (Fsp3) is 0.333. The molecule has 0 bridgehead atoms. The number of nitrogens with one attached hydrogen (secondary N) is 1. The monoisotopic (exact) mass is 667 g/mol. The Morgan fingerprint density at radius 3 is 2.17 bits per heavy atom. The molecule has 2 amide bonds. The van der Waals surface area contributed by atoms with Crippen LogP contribution in [0.15, 0.2) is 82.2 Å². The molecule has 2 atom stereocenters. The van der Waals surface area contributed by atoms with Gasteiger partial charge in [0.15, 0.2) is 0 Å². The molecule has 0 aliphatic heterocycles. The third-order valence-corrected chi connectivity index (χ3v) is 9.10. The van der Waals surface area contributed by atoms with Gasteiger partial charge >= 0.3 is 6.18 Å². The molecule has 3 aromatic rings. The fourth-order valence-electron chi connectivity index (χ4n) is 4.04. The molecular formula is C30H33BrF3N3O4S. The minimum absolute atomic E-state index is 0.0395. The molecule has 1 N–H and O–H groups in total. The molecule has 12 heteroatoms. The first-order chi connectivity index (χ1) is 19.6. The Morgan fingerprint density at radius 2 is 1.60 bits per heavy atom. The van der Waals surface area contributed by atoms with E-state index in [4.69, 9.17) is 0 Å². The van der Waals surface area contributed by atoms with Crippen LogP contribution < -0.4 is 9.62 Å². The highest BCUT2D eigenvalue weighted by molar-refractivity contribution is 9.10. The van der Waals surface area contributed by atoms with Gasteiger partial charge in [-0.15, -0.1) is 0 Å². The zero-order valence-corrected chi connectivity index (χ0v) is 26.1. The number of rotatable bonds is 11. The third kappa shape index (κ3) is 8.34. The minimum Gasteiger partial charge on any atom is -0.352 e. The Bertz CT molecular complexity index is 1500. The zero-order chi connectivity index (χ0) is 31.2. The second-order valence-electron chi connectivity index (χ2n) is 10.0. The van der Waals surface area contributed by atoms with E-state index in [2.05, 4.69) is 21.2 Å². The van der Waals surface area contributed by atoms with Crippen LogP contribution in [0.1, 0.15) is 43.9 Å². The van der Waals surface area contributed by atoms with Crippen molar-refractivity contribution in [1.82, 2.24) is 10.2 Å². The van der Waals surface area contributed by atoms with Crippen LogP contribution in [0.25, 0.3) is 0 Å². The van der Waals surface area contributed by atoms with Gasteiger partial charge in [-0.25, -0.2) is 8.42 Å². The molecule has 0 saturated heterocycles. The minimum atomic E-state index is -4.74. The molecule has 3 rings (SSSR count). The number of sulfonamides is 1. The van der Waals surface area contributed by atoms with Crippen molar-refractivity contribution in [3.8, 4) is 0 Å². The van der Waals surface area contributed by atoms with Gasteiger partial charge in [-0.3, -0.25) is 13.9 Å². The number of amides is 2. The lowest BCUT2D eigenvalue weighted by atomic mass is 10.1. The molecular weight excluding hydrogens is 635 g/mol. The summed E-state index contributed by atoms with van der Waals surface area (Å²) in [6.07, 6.45) is -4.09. The van der Waals surface area contributed by atoms with E-state index in [9.17, 15) is 31.2 Å². The molecule has 42 heavy (non-hydrogen) atoms. The standard InChI is InChI=1S/C30H33BrF3N3O4S/c1-5-21(3)35-29(39)22(4)36(18-23-11-13-25(31)14-12-23)28(38)19-37(26-8-6-7-24(17-26)30(32,33)34)42(40,41)27-15-9-20(2)10-16-27/h6-17,21-22H,5,18-19H2,1-4H3,(H,35,39)/t21-,22+/m0/s1. The van der Waals surface area contributed by atoms with Crippen LogP contribution >= 0.6 is 15.9 Å². The second-order valence-corrected chi connectivity index (χ2v) is 12.8. The average molecular weight is 669 g/mol. The van der Waals surface area contributed by atoms with Crippen LogP contribution in [-0.2, 0) is 32.3 Å². The SMILES string of the molecule is CC[C@H](C)NC(=O)[C@@H](C)N(Cc1ccc(Br)cc1)C(=O)CN(c1cccc(C(F)(F)F)c1)S(=O)(=O)c1ccc(C)cc1. The molecule has 0 fully saturated rings. The molecule has 0 spiro atoms. The van der Waals surface area contributed by atoms with Crippen LogP contribution in [0.3, 0.4) is 0 Å². The van der Waals surface area contributed by atoms with Crippen LogP contribution in [-0.4, -0.2) is 43.8 Å². The molecule has 0 aliphatic rings. The summed E-state index contributed by atoms with van der Waals surface area (Å²) in [4.78, 5) is 28.1. The summed E-state index contributed by atoms with van der Waals surface area (Å²) in [5, 5.41) is 2.83. The maximum absolute atomic E-state index is 13.9. The number of benzene rings is 3. The largest absolute Gasteiger partial charge is 0.416 e. The van der Waals surface area contributed by atoms with Gasteiger partial charge in [0, 0.05) is 17.1 Å². The lowest BCUT2D eigenvalue weighted by Crippen LogP contribution is -2.52. The van der Waals surface area contributed by atoms with Crippen molar-refractivity contribution >= 4 is 43.5 Å². The fourth-order valence-corrected chi connectivity index (χ4v) is 5.71. The maximum Gasteiger partial charge on any atom is 0.416 e. The van der Waals surface area contributed by atoms with Crippen LogP contribution in [0, 0.1) is 6.92 Å². The van der Waals surface area contributed by atoms with E-state index in [0.717, 1.165) is 22.2 Å². The van der Waals surface area contributed by atoms with E-state index in [1.54, 1.807) is 43.3 Å². The lowest BCUT2D eigenvalue weighted by Gasteiger charge is -2.32. The third-order valence-electron chi connectivity index (χ3n) is 6.78. The molecule has 0 unspecified atom stereocenters. The highest BCUT2D eigenvalue weighted by Gasteiger charge is 2.35. The molecule has 3 aromatic carbocycles. The summed E-state index contributed by atoms with van der Waals surface area (Å²) < 4.78 is 69.9. The van der Waals surface area contributed by atoms with Gasteiger partial charge in [-0.1, -0.05) is 58.7 Å². The van der Waals surface area contributed by atoms with Crippen molar-refractivity contribution in [2.24, 2.45) is 0 Å². The predicted molar refractivity (Wildman–Crippen MR) is 159 cm³/mol. The zero-order valence-electron chi connectivity index (χ0n) is 23.7. The normalized spacial score (nSPS) is 13.2. The van der Waals surface area contributed by atoms with Gasteiger partial charge in [0.05, 0.1) is 16.1 Å². The predicted octanol–water partition coefficient (Wildman–Crippen LogP) is 6.30. The Kier molecular flexibility index (Phi) is 10.8. The Balaban J connectivity index is 2.08. The Hall–Kier alpha value is -3.38. The highest BCUT2D eigenvalue weighted by atomic mass is 79.9. The van der Waals surface area contributed by atoms with Crippen molar-refractivity contribution in [2.45, 2.75) is 63.8 Å². The van der Waals surface area contributed by atoms with E-state index in [1.807, 2.05) is 13.8 Å². The summed E-state index contributed by atoms with van der Waals surface area (Å²) in [5.41, 5.74) is 0.0443. The number of carbonyl (C=O) groups is 2. The topological polar surface area (TPSA) is 86.8 Å². The first-order valence-corrected chi connectivity index (χ1v) is 15.5. The number of carbonyl (C=O) groups excluding carboxylic acids is 2. The van der Waals surface area contributed by atoms with Gasteiger partial charge in [0.1, 0.15) is 12.6 Å². The highest BCUT2D eigenvalue weighted by Crippen LogP contribution is 2.33. The van der Waals surface area contributed by atoms with Gasteiger partial charge in [0.2, 0.25) is 11.8 Å². The summed E-state index contributed by atoms with van der Waals surface area (Å²) in [7, 11) is -4.50. The molecule has 0 aromatic heterocycles. The smallest absolute Gasteiger partial charge is 0.352 e. The second kappa shape index (κ2) is 13.7. The van der Waals surface area contributed by atoms with E-state index in [1.165, 1.54) is 30.0 Å². The first kappa shape index (κ1) is 33.1. The van der Waals surface area contributed by atoms with E-state index in [-0.39, 0.29) is 23.2 Å². The van der Waals surface area contributed by atoms with Crippen molar-refractivity contribution in [1.29, 1.82) is 0 Å². The number of nitrogens with zero attached hydrogens (tertiary/aromatic N) is 2. The number of hydrogen-bond donors (Lipinski definition) is 1. The summed E-state index contributed by atoms with van der Waals surface area (Å²) in [6, 6.07) is 15.4. The van der Waals surface area contributed by atoms with Crippen LogP contribution in [0.4, 0.5) is 18.9 Å². The van der Waals surface area contributed by atoms with Gasteiger partial charge in [-0.05, 0) is 75.2 Å². The summed E-state index contributed by atoms with van der Waals surface area (Å²) in [5.74, 6) is -1.21. The summed E-state index contributed by atoms with van der Waals surface area (Å²) >= 11 is 3.36. The van der Waals surface area contributed by atoms with Crippen molar-refractivity contribution in [3.05, 3.63) is 94.0 Å². The van der Waals surface area contributed by atoms with E-state index < -0.39 is 46.2 Å². The van der Waals surface area contributed by atoms with Crippen molar-refractivity contribution < 1.29 is 31.2 Å². The molecule has 0 radical (unpaired) electrons. The number of alkyl halides is 3. The quantitative estimate of drug-likeness (QED) is 0.260. The number of anilines is 1. The number of halogens is 4. The van der Waals surface area contributed by atoms with Crippen LogP contribution in [0.5, 0.6) is 0 Å². The lowest BCUT2D eigenvalue weighted by molar-refractivity contribution is -0.139. The van der Waals surface area contributed by atoms with Crippen molar-refractivity contribution in [2.75, 3.05) is 10.8 Å². The van der Waals surface area contributed by atoms with Gasteiger partial charge in [0.25, 0.3) is 10.0 Å². The van der Waals surface area contributed by atoms with Gasteiger partial charge in [-0.2, -0.15) is 13.2 Å². The maximum atomic E-state index is 13.9. The Labute approximate surface area is 252 Å². The van der Waals surface area contributed by atoms with E-state index >= 15 is 0 Å².